The molecule has 3 aromatic rings. The third-order valence-corrected chi connectivity index (χ3v) is 5.35. The summed E-state index contributed by atoms with van der Waals surface area (Å²) in [6.45, 7) is 10.2. The molecule has 1 saturated heterocycles. The highest BCUT2D eigenvalue weighted by Crippen LogP contribution is 2.40. The quantitative estimate of drug-likeness (QED) is 0.496. The number of carbonyl (C=O) groups excluding carboxylic acids is 1. The van der Waals surface area contributed by atoms with Crippen molar-refractivity contribution in [3.05, 3.63) is 58.0 Å². The second kappa shape index (κ2) is 8.01. The molecule has 2 aromatic heterocycles. The maximum atomic E-state index is 13.1. The van der Waals surface area contributed by atoms with Gasteiger partial charge in [0.15, 0.2) is 4.64 Å². The topological polar surface area (TPSA) is 70.3 Å². The van der Waals surface area contributed by atoms with Gasteiger partial charge in [-0.05, 0) is 37.1 Å². The van der Waals surface area contributed by atoms with Crippen molar-refractivity contribution in [3.8, 4) is 0 Å². The number of halogens is 1. The Morgan fingerprint density at radius 2 is 2.03 bits per heavy atom. The molecule has 29 heavy (non-hydrogen) atoms. The van der Waals surface area contributed by atoms with Gasteiger partial charge < -0.3 is 19.8 Å². The fraction of sp³-hybridized carbons (Fsp3) is 0.300. The van der Waals surface area contributed by atoms with E-state index in [0.29, 0.717) is 40.0 Å². The summed E-state index contributed by atoms with van der Waals surface area (Å²) in [7, 11) is 0. The molecule has 0 radical (unpaired) electrons. The average molecular weight is 410 g/mol. The van der Waals surface area contributed by atoms with Crippen molar-refractivity contribution in [3.63, 3.8) is 0 Å². The molecular formula is C20H19FN6OS. The lowest BCUT2D eigenvalue weighted by atomic mass is 10.2. The zero-order valence-electron chi connectivity index (χ0n) is 15.6. The maximum Gasteiger partial charge on any atom is 0.251 e. The number of nitrogens with zero attached hydrogens (tertiary/aromatic N) is 4. The van der Waals surface area contributed by atoms with E-state index < -0.39 is 0 Å². The SMILES string of the molecule is [C-]#[N+]c1c(N2CCCC2)n(CCNC(=O)c2ccc(F)cc2)c2c(=S)nc[nH]c12. The van der Waals surface area contributed by atoms with Crippen molar-refractivity contribution in [2.75, 3.05) is 24.5 Å². The number of hydrogen-bond donors (Lipinski definition) is 2. The number of aromatic amines is 1. The summed E-state index contributed by atoms with van der Waals surface area (Å²) in [4.78, 5) is 25.5. The van der Waals surface area contributed by atoms with Crippen LogP contribution >= 0.6 is 12.2 Å². The Kier molecular flexibility index (Phi) is 5.27. The Hall–Kier alpha value is -3.25. The summed E-state index contributed by atoms with van der Waals surface area (Å²) in [5.41, 5.74) is 2.29. The van der Waals surface area contributed by atoms with Gasteiger partial charge in [-0.1, -0.05) is 12.2 Å². The predicted octanol–water partition coefficient (Wildman–Crippen LogP) is 3.81. The van der Waals surface area contributed by atoms with Gasteiger partial charge >= 0.3 is 0 Å². The molecule has 4 rings (SSSR count). The van der Waals surface area contributed by atoms with E-state index in [-0.39, 0.29) is 11.7 Å². The van der Waals surface area contributed by atoms with Gasteiger partial charge in [-0.3, -0.25) is 4.79 Å². The average Bonchev–Trinajstić information content (AvgIpc) is 3.35. The minimum atomic E-state index is -0.385. The minimum Gasteiger partial charge on any atom is -0.367 e. The first-order valence-corrected chi connectivity index (χ1v) is 9.77. The van der Waals surface area contributed by atoms with Crippen LogP contribution in [0.3, 0.4) is 0 Å². The van der Waals surface area contributed by atoms with Gasteiger partial charge in [0.25, 0.3) is 11.6 Å². The van der Waals surface area contributed by atoms with Gasteiger partial charge in [0.05, 0.1) is 23.9 Å². The van der Waals surface area contributed by atoms with Gasteiger partial charge in [0, 0.05) is 31.7 Å². The van der Waals surface area contributed by atoms with Crippen LogP contribution < -0.4 is 10.2 Å². The number of amides is 1. The van der Waals surface area contributed by atoms with Crippen molar-refractivity contribution in [2.24, 2.45) is 0 Å². The third kappa shape index (κ3) is 3.59. The van der Waals surface area contributed by atoms with Crippen molar-refractivity contribution in [2.45, 2.75) is 19.4 Å². The Morgan fingerprint density at radius 1 is 1.31 bits per heavy atom. The zero-order valence-corrected chi connectivity index (χ0v) is 16.4. The van der Waals surface area contributed by atoms with Crippen LogP contribution in [0.4, 0.5) is 15.9 Å². The number of hydrogen-bond acceptors (Lipinski definition) is 4. The molecule has 1 amide bonds. The molecule has 0 unspecified atom stereocenters. The van der Waals surface area contributed by atoms with Crippen molar-refractivity contribution < 1.29 is 9.18 Å². The van der Waals surface area contributed by atoms with E-state index in [1.807, 2.05) is 4.57 Å². The fourth-order valence-corrected chi connectivity index (χ4v) is 3.99. The van der Waals surface area contributed by atoms with Gasteiger partial charge in [-0.25, -0.2) is 14.2 Å². The number of H-pyrrole nitrogens is 1. The molecule has 0 atom stereocenters. The molecule has 1 fully saturated rings. The van der Waals surface area contributed by atoms with Crippen LogP contribution in [0.25, 0.3) is 15.9 Å². The highest BCUT2D eigenvalue weighted by atomic mass is 32.1. The van der Waals surface area contributed by atoms with Crippen molar-refractivity contribution in [1.29, 1.82) is 0 Å². The van der Waals surface area contributed by atoms with Crippen LogP contribution in [0.2, 0.25) is 0 Å². The second-order valence-electron chi connectivity index (χ2n) is 6.82. The summed E-state index contributed by atoms with van der Waals surface area (Å²) < 4.78 is 15.4. The Balaban J connectivity index is 1.64. The van der Waals surface area contributed by atoms with Crippen LogP contribution in [0, 0.1) is 17.0 Å². The van der Waals surface area contributed by atoms with E-state index in [4.69, 9.17) is 18.8 Å². The molecule has 0 bridgehead atoms. The number of carbonyl (C=O) groups is 1. The lowest BCUT2D eigenvalue weighted by Gasteiger charge is -2.21. The predicted molar refractivity (Wildman–Crippen MR) is 111 cm³/mol. The lowest BCUT2D eigenvalue weighted by Crippen LogP contribution is -2.29. The number of rotatable bonds is 5. The summed E-state index contributed by atoms with van der Waals surface area (Å²) >= 11 is 5.43. The van der Waals surface area contributed by atoms with Gasteiger partial charge in [-0.15, -0.1) is 0 Å². The number of fused-ring (bicyclic) bond motifs is 1. The highest BCUT2D eigenvalue weighted by molar-refractivity contribution is 7.71. The summed E-state index contributed by atoms with van der Waals surface area (Å²) in [6.07, 6.45) is 3.65. The molecule has 1 aromatic carbocycles. The van der Waals surface area contributed by atoms with E-state index in [1.165, 1.54) is 30.6 Å². The Bertz CT molecular complexity index is 1150. The number of anilines is 1. The molecule has 0 saturated carbocycles. The summed E-state index contributed by atoms with van der Waals surface area (Å²) in [5, 5.41) is 2.85. The molecule has 1 aliphatic heterocycles. The monoisotopic (exact) mass is 410 g/mol. The standard InChI is InChI=1S/C20H19FN6OS/c1-22-16-15-17(19(29)25-12-24-15)27(20(16)26-9-2-3-10-26)11-8-23-18(28)13-4-6-14(21)7-5-13/h4-7,12H,2-3,8-11H2,(H,23,28)(H,24,25,29). The lowest BCUT2D eigenvalue weighted by molar-refractivity contribution is 0.0952. The Morgan fingerprint density at radius 3 is 2.72 bits per heavy atom. The molecule has 1 aliphatic rings. The van der Waals surface area contributed by atoms with Crippen LogP contribution in [0.1, 0.15) is 23.2 Å². The van der Waals surface area contributed by atoms with Crippen molar-refractivity contribution in [1.82, 2.24) is 19.9 Å². The Labute approximate surface area is 172 Å². The van der Waals surface area contributed by atoms with Gasteiger partial charge in [0.2, 0.25) is 0 Å². The normalized spacial score (nSPS) is 13.6. The fourth-order valence-electron chi connectivity index (χ4n) is 3.73. The summed E-state index contributed by atoms with van der Waals surface area (Å²) in [6, 6.07) is 5.41. The van der Waals surface area contributed by atoms with Crippen molar-refractivity contribution >= 4 is 40.7 Å². The number of benzene rings is 1. The highest BCUT2D eigenvalue weighted by Gasteiger charge is 2.25. The van der Waals surface area contributed by atoms with Gasteiger partial charge in [-0.2, -0.15) is 0 Å². The van der Waals surface area contributed by atoms with Crippen LogP contribution in [-0.2, 0) is 6.54 Å². The summed E-state index contributed by atoms with van der Waals surface area (Å²) in [5.74, 6) is 0.153. The first-order valence-electron chi connectivity index (χ1n) is 9.36. The molecular weight excluding hydrogens is 391 g/mol. The maximum absolute atomic E-state index is 13.1. The van der Waals surface area contributed by atoms with Crippen LogP contribution in [-0.4, -0.2) is 40.1 Å². The van der Waals surface area contributed by atoms with E-state index in [2.05, 4.69) is 25.0 Å². The smallest absolute Gasteiger partial charge is 0.251 e. The van der Waals surface area contributed by atoms with Crippen LogP contribution in [0.15, 0.2) is 30.6 Å². The molecule has 0 aliphatic carbocycles. The third-order valence-electron chi connectivity index (χ3n) is 5.05. The van der Waals surface area contributed by atoms with Crippen LogP contribution in [0.5, 0.6) is 0 Å². The first-order chi connectivity index (χ1) is 14.1. The number of aromatic nitrogens is 3. The van der Waals surface area contributed by atoms with Gasteiger partial charge in [0.1, 0.15) is 11.6 Å². The van der Waals surface area contributed by atoms with E-state index in [9.17, 15) is 9.18 Å². The van der Waals surface area contributed by atoms with E-state index in [1.54, 1.807) is 0 Å². The largest absolute Gasteiger partial charge is 0.367 e. The number of nitrogens with one attached hydrogen (secondary N) is 2. The first kappa shape index (κ1) is 19.1. The van der Waals surface area contributed by atoms with E-state index >= 15 is 0 Å². The molecule has 0 spiro atoms. The molecule has 148 valence electrons. The second-order valence-corrected chi connectivity index (χ2v) is 7.21. The molecule has 7 nitrogen and oxygen atoms in total. The zero-order chi connectivity index (χ0) is 20.4. The molecule has 9 heteroatoms. The molecule has 2 N–H and O–H groups in total. The molecule has 3 heterocycles. The minimum absolute atomic E-state index is 0.280. The van der Waals surface area contributed by atoms with E-state index in [0.717, 1.165) is 31.7 Å².